The van der Waals surface area contributed by atoms with E-state index in [9.17, 15) is 20.2 Å². The fraction of sp³-hybridized carbons (Fsp3) is 0.143. The maximum absolute atomic E-state index is 11.2. The minimum absolute atomic E-state index is 0.114. The van der Waals surface area contributed by atoms with Gasteiger partial charge in [0.25, 0.3) is 11.4 Å². The highest BCUT2D eigenvalue weighted by atomic mass is 16.6. The predicted molar refractivity (Wildman–Crippen MR) is 85.2 cm³/mol. The summed E-state index contributed by atoms with van der Waals surface area (Å²) in [5, 5.41) is 24.8. The third-order valence-electron chi connectivity index (χ3n) is 3.25. The molecule has 0 saturated heterocycles. The van der Waals surface area contributed by atoms with Gasteiger partial charge in [0.2, 0.25) is 0 Å². The van der Waals surface area contributed by atoms with Crippen molar-refractivity contribution in [2.75, 3.05) is 18.2 Å². The number of nitrogens with zero attached hydrogens (tertiary/aromatic N) is 2. The van der Waals surface area contributed by atoms with Crippen molar-refractivity contribution >= 4 is 28.4 Å². The first-order valence-corrected chi connectivity index (χ1v) is 6.47. The van der Waals surface area contributed by atoms with E-state index in [-0.39, 0.29) is 11.4 Å². The van der Waals surface area contributed by atoms with E-state index in [0.29, 0.717) is 17.1 Å². The van der Waals surface area contributed by atoms with Gasteiger partial charge in [-0.2, -0.15) is 0 Å². The van der Waals surface area contributed by atoms with Crippen LogP contribution in [0, 0.1) is 27.2 Å². The highest BCUT2D eigenvalue weighted by molar-refractivity contribution is 5.76. The SMILES string of the molecule is COc1cc(N)c(C)cc1Nc1ccc([N+](=O)[O-])cc1[N+](=O)[O-]. The van der Waals surface area contributed by atoms with Crippen molar-refractivity contribution in [2.24, 2.45) is 0 Å². The van der Waals surface area contributed by atoms with E-state index in [4.69, 9.17) is 10.5 Å². The molecule has 2 aromatic rings. The molecule has 2 rings (SSSR count). The summed E-state index contributed by atoms with van der Waals surface area (Å²) in [6.45, 7) is 1.78. The Balaban J connectivity index is 2.50. The summed E-state index contributed by atoms with van der Waals surface area (Å²) >= 11 is 0. The molecule has 3 N–H and O–H groups in total. The molecule has 120 valence electrons. The summed E-state index contributed by atoms with van der Waals surface area (Å²) in [6.07, 6.45) is 0. The summed E-state index contributed by atoms with van der Waals surface area (Å²) in [6, 6.07) is 6.64. The molecule has 9 heteroatoms. The Kier molecular flexibility index (Phi) is 4.30. The molecule has 0 aliphatic rings. The molecule has 0 atom stereocenters. The third kappa shape index (κ3) is 3.28. The molecule has 0 fully saturated rings. The number of rotatable bonds is 5. The summed E-state index contributed by atoms with van der Waals surface area (Å²) in [5.41, 5.74) is 6.90. The topological polar surface area (TPSA) is 134 Å². The van der Waals surface area contributed by atoms with E-state index < -0.39 is 15.5 Å². The van der Waals surface area contributed by atoms with Crippen LogP contribution < -0.4 is 15.8 Å². The van der Waals surface area contributed by atoms with Crippen molar-refractivity contribution in [1.82, 2.24) is 0 Å². The molecule has 23 heavy (non-hydrogen) atoms. The second kappa shape index (κ2) is 6.18. The zero-order valence-corrected chi connectivity index (χ0v) is 12.4. The van der Waals surface area contributed by atoms with Gasteiger partial charge in [0, 0.05) is 17.8 Å². The first kappa shape index (κ1) is 16.0. The number of nitrogen functional groups attached to an aromatic ring is 1. The first-order chi connectivity index (χ1) is 10.8. The van der Waals surface area contributed by atoms with Crippen LogP contribution in [-0.4, -0.2) is 17.0 Å². The molecule has 0 heterocycles. The van der Waals surface area contributed by atoms with Crippen LogP contribution in [0.2, 0.25) is 0 Å². The fourth-order valence-electron chi connectivity index (χ4n) is 2.01. The Morgan fingerprint density at radius 1 is 1.09 bits per heavy atom. The van der Waals surface area contributed by atoms with Gasteiger partial charge in [0.1, 0.15) is 11.4 Å². The van der Waals surface area contributed by atoms with E-state index in [0.717, 1.165) is 11.6 Å². The van der Waals surface area contributed by atoms with E-state index in [2.05, 4.69) is 5.32 Å². The van der Waals surface area contributed by atoms with Crippen molar-refractivity contribution in [1.29, 1.82) is 0 Å². The van der Waals surface area contributed by atoms with Gasteiger partial charge < -0.3 is 15.8 Å². The van der Waals surface area contributed by atoms with Crippen molar-refractivity contribution < 1.29 is 14.6 Å². The van der Waals surface area contributed by atoms with Crippen molar-refractivity contribution in [3.63, 3.8) is 0 Å². The van der Waals surface area contributed by atoms with Crippen LogP contribution in [0.25, 0.3) is 0 Å². The zero-order chi connectivity index (χ0) is 17.1. The molecule has 0 bridgehead atoms. The number of methoxy groups -OCH3 is 1. The molecule has 0 aliphatic heterocycles. The summed E-state index contributed by atoms with van der Waals surface area (Å²) in [5.74, 6) is 0.403. The number of nitro groups is 2. The van der Waals surface area contributed by atoms with Gasteiger partial charge in [0.15, 0.2) is 0 Å². The number of hydrogen-bond donors (Lipinski definition) is 2. The van der Waals surface area contributed by atoms with Crippen LogP contribution in [-0.2, 0) is 0 Å². The number of aryl methyl sites for hydroxylation is 1. The number of nitro benzene ring substituents is 2. The largest absolute Gasteiger partial charge is 0.494 e. The molecular weight excluding hydrogens is 304 g/mol. The van der Waals surface area contributed by atoms with E-state index in [1.165, 1.54) is 19.2 Å². The van der Waals surface area contributed by atoms with Crippen LogP contribution in [0.3, 0.4) is 0 Å². The predicted octanol–water partition coefficient (Wildman–Crippen LogP) is 3.15. The van der Waals surface area contributed by atoms with Crippen LogP contribution >= 0.6 is 0 Å². The van der Waals surface area contributed by atoms with E-state index in [1.54, 1.807) is 19.1 Å². The number of non-ortho nitro benzene ring substituents is 1. The lowest BCUT2D eigenvalue weighted by atomic mass is 10.1. The normalized spacial score (nSPS) is 10.2. The molecule has 0 aromatic heterocycles. The summed E-state index contributed by atoms with van der Waals surface area (Å²) in [7, 11) is 1.44. The molecule has 0 saturated carbocycles. The van der Waals surface area contributed by atoms with Crippen molar-refractivity contribution in [2.45, 2.75) is 6.92 Å². The third-order valence-corrected chi connectivity index (χ3v) is 3.25. The number of hydrogen-bond acceptors (Lipinski definition) is 7. The number of nitrogens with two attached hydrogens (primary N) is 1. The molecule has 0 aliphatic carbocycles. The van der Waals surface area contributed by atoms with Gasteiger partial charge in [0.05, 0.1) is 28.7 Å². The van der Waals surface area contributed by atoms with Crippen LogP contribution in [0.4, 0.5) is 28.4 Å². The van der Waals surface area contributed by atoms with Gasteiger partial charge in [-0.1, -0.05) is 0 Å². The van der Waals surface area contributed by atoms with Gasteiger partial charge in [-0.05, 0) is 24.6 Å². The van der Waals surface area contributed by atoms with Crippen LogP contribution in [0.5, 0.6) is 5.75 Å². The lowest BCUT2D eigenvalue weighted by Crippen LogP contribution is -2.01. The van der Waals surface area contributed by atoms with Crippen molar-refractivity contribution in [3.8, 4) is 5.75 Å². The Morgan fingerprint density at radius 3 is 2.35 bits per heavy atom. The summed E-state index contributed by atoms with van der Waals surface area (Å²) < 4.78 is 5.20. The fourth-order valence-corrected chi connectivity index (χ4v) is 2.01. The van der Waals surface area contributed by atoms with Crippen LogP contribution in [0.1, 0.15) is 5.56 Å². The van der Waals surface area contributed by atoms with Gasteiger partial charge in [-0.25, -0.2) is 0 Å². The maximum Gasteiger partial charge on any atom is 0.299 e. The average Bonchev–Trinajstić information content (AvgIpc) is 2.50. The van der Waals surface area contributed by atoms with Gasteiger partial charge in [-0.3, -0.25) is 20.2 Å². The Labute approximate surface area is 131 Å². The Bertz CT molecular complexity index is 791. The average molecular weight is 318 g/mol. The maximum atomic E-state index is 11.2. The minimum Gasteiger partial charge on any atom is -0.494 e. The van der Waals surface area contributed by atoms with E-state index >= 15 is 0 Å². The molecule has 0 radical (unpaired) electrons. The Morgan fingerprint density at radius 2 is 1.78 bits per heavy atom. The summed E-state index contributed by atoms with van der Waals surface area (Å²) in [4.78, 5) is 20.5. The molecule has 0 spiro atoms. The number of nitrogens with one attached hydrogen (secondary N) is 1. The van der Waals surface area contributed by atoms with E-state index in [1.807, 2.05) is 0 Å². The first-order valence-electron chi connectivity index (χ1n) is 6.47. The molecule has 0 amide bonds. The molecule has 0 unspecified atom stereocenters. The molecular formula is C14H14N4O5. The quantitative estimate of drug-likeness (QED) is 0.491. The highest BCUT2D eigenvalue weighted by Crippen LogP contribution is 2.36. The highest BCUT2D eigenvalue weighted by Gasteiger charge is 2.20. The van der Waals surface area contributed by atoms with Gasteiger partial charge >= 0.3 is 0 Å². The van der Waals surface area contributed by atoms with Crippen molar-refractivity contribution in [3.05, 3.63) is 56.1 Å². The second-order valence-electron chi connectivity index (χ2n) is 4.75. The van der Waals surface area contributed by atoms with Crippen LogP contribution in [0.15, 0.2) is 30.3 Å². The smallest absolute Gasteiger partial charge is 0.299 e. The second-order valence-corrected chi connectivity index (χ2v) is 4.75. The number of ether oxygens (including phenoxy) is 1. The molecule has 2 aromatic carbocycles. The number of benzene rings is 2. The zero-order valence-electron chi connectivity index (χ0n) is 12.4. The standard InChI is InChI=1S/C14H14N4O5/c1-8-5-12(14(23-2)7-10(8)15)16-11-4-3-9(17(19)20)6-13(11)18(21)22/h3-7,16H,15H2,1-2H3. The lowest BCUT2D eigenvalue weighted by Gasteiger charge is -2.13. The Hall–Kier alpha value is -3.36. The molecule has 9 nitrogen and oxygen atoms in total. The van der Waals surface area contributed by atoms with Gasteiger partial charge in [-0.15, -0.1) is 0 Å². The number of anilines is 3. The minimum atomic E-state index is -0.690. The lowest BCUT2D eigenvalue weighted by molar-refractivity contribution is -0.393. The monoisotopic (exact) mass is 318 g/mol.